The highest BCUT2D eigenvalue weighted by Gasteiger charge is 2.20. The monoisotopic (exact) mass is 329 g/mol. The van der Waals surface area contributed by atoms with Gasteiger partial charge in [-0.3, -0.25) is 4.79 Å². The molecule has 1 amide bonds. The van der Waals surface area contributed by atoms with E-state index in [2.05, 4.69) is 5.32 Å². The highest BCUT2D eigenvalue weighted by Crippen LogP contribution is 2.16. The Morgan fingerprint density at radius 3 is 2.46 bits per heavy atom. The average Bonchev–Trinajstić information content (AvgIpc) is 2.53. The van der Waals surface area contributed by atoms with E-state index in [-0.39, 0.29) is 0 Å². The molecule has 1 N–H and O–H groups in total. The first-order valence-corrected chi connectivity index (χ1v) is 7.64. The van der Waals surface area contributed by atoms with Crippen LogP contribution < -0.4 is 5.32 Å². The molecule has 24 heavy (non-hydrogen) atoms. The SMILES string of the molecule is Cc1ccc(NC(=O)C(C)OC(=O)c2cccc(C)c2C)cc1F. The van der Waals surface area contributed by atoms with Crippen molar-refractivity contribution in [2.75, 3.05) is 5.32 Å². The van der Waals surface area contributed by atoms with E-state index in [1.54, 1.807) is 31.2 Å². The number of amides is 1. The first kappa shape index (κ1) is 17.7. The molecule has 2 aromatic rings. The lowest BCUT2D eigenvalue weighted by Crippen LogP contribution is -2.30. The van der Waals surface area contributed by atoms with Crippen molar-refractivity contribution in [3.05, 3.63) is 64.5 Å². The van der Waals surface area contributed by atoms with Crippen LogP contribution in [0.1, 0.15) is 34.0 Å². The molecule has 0 saturated heterocycles. The predicted octanol–water partition coefficient (Wildman–Crippen LogP) is 3.93. The van der Waals surface area contributed by atoms with Crippen molar-refractivity contribution in [3.8, 4) is 0 Å². The lowest BCUT2D eigenvalue weighted by Gasteiger charge is -2.15. The lowest BCUT2D eigenvalue weighted by atomic mass is 10.0. The number of carbonyl (C=O) groups excluding carboxylic acids is 2. The van der Waals surface area contributed by atoms with Crippen LogP contribution >= 0.6 is 0 Å². The van der Waals surface area contributed by atoms with Gasteiger partial charge in [0, 0.05) is 5.69 Å². The van der Waals surface area contributed by atoms with Crippen LogP contribution in [0.3, 0.4) is 0 Å². The number of halogens is 1. The van der Waals surface area contributed by atoms with Crippen molar-refractivity contribution in [2.45, 2.75) is 33.8 Å². The van der Waals surface area contributed by atoms with Gasteiger partial charge in [-0.25, -0.2) is 9.18 Å². The van der Waals surface area contributed by atoms with Crippen molar-refractivity contribution in [3.63, 3.8) is 0 Å². The van der Waals surface area contributed by atoms with Gasteiger partial charge < -0.3 is 10.1 Å². The zero-order chi connectivity index (χ0) is 17.9. The molecule has 0 saturated carbocycles. The number of benzene rings is 2. The molecule has 0 fully saturated rings. The minimum absolute atomic E-state index is 0.317. The van der Waals surface area contributed by atoms with E-state index in [0.717, 1.165) is 11.1 Å². The van der Waals surface area contributed by atoms with Gasteiger partial charge in [-0.1, -0.05) is 18.2 Å². The average molecular weight is 329 g/mol. The topological polar surface area (TPSA) is 55.4 Å². The maximum absolute atomic E-state index is 13.5. The highest BCUT2D eigenvalue weighted by molar-refractivity contribution is 5.97. The lowest BCUT2D eigenvalue weighted by molar-refractivity contribution is -0.123. The molecular formula is C19H20FNO3. The first-order chi connectivity index (χ1) is 11.3. The maximum atomic E-state index is 13.5. The van der Waals surface area contributed by atoms with Gasteiger partial charge in [0.2, 0.25) is 0 Å². The summed E-state index contributed by atoms with van der Waals surface area (Å²) < 4.78 is 18.7. The van der Waals surface area contributed by atoms with Crippen molar-refractivity contribution >= 4 is 17.6 Å². The summed E-state index contributed by atoms with van der Waals surface area (Å²) in [5, 5.41) is 2.54. The van der Waals surface area contributed by atoms with Crippen LogP contribution in [0, 0.1) is 26.6 Å². The fraction of sp³-hybridized carbons (Fsp3) is 0.263. The number of rotatable bonds is 4. The summed E-state index contributed by atoms with van der Waals surface area (Å²) >= 11 is 0. The molecule has 0 spiro atoms. The molecule has 0 heterocycles. The third-order valence-electron chi connectivity index (χ3n) is 3.92. The minimum atomic E-state index is -0.998. The maximum Gasteiger partial charge on any atom is 0.339 e. The second-order valence-corrected chi connectivity index (χ2v) is 5.75. The molecule has 0 radical (unpaired) electrons. The van der Waals surface area contributed by atoms with Gasteiger partial charge >= 0.3 is 5.97 Å². The number of anilines is 1. The molecule has 0 bridgehead atoms. The highest BCUT2D eigenvalue weighted by atomic mass is 19.1. The fourth-order valence-electron chi connectivity index (χ4n) is 2.16. The van der Waals surface area contributed by atoms with Crippen LogP contribution in [0.25, 0.3) is 0 Å². The van der Waals surface area contributed by atoms with E-state index in [1.165, 1.54) is 13.0 Å². The molecule has 0 aromatic heterocycles. The normalized spacial score (nSPS) is 11.7. The van der Waals surface area contributed by atoms with E-state index >= 15 is 0 Å². The van der Waals surface area contributed by atoms with E-state index in [1.807, 2.05) is 19.9 Å². The number of carbonyl (C=O) groups is 2. The zero-order valence-electron chi connectivity index (χ0n) is 14.1. The van der Waals surface area contributed by atoms with Crippen LogP contribution in [0.4, 0.5) is 10.1 Å². The standard InChI is InChI=1S/C19H20FNO3/c1-11-6-5-7-16(13(11)3)19(23)24-14(4)18(22)21-15-9-8-12(2)17(20)10-15/h5-10,14H,1-4H3,(H,21,22). The van der Waals surface area contributed by atoms with Gasteiger partial charge in [0.05, 0.1) is 5.56 Å². The Morgan fingerprint density at radius 1 is 1.08 bits per heavy atom. The quantitative estimate of drug-likeness (QED) is 0.865. The molecule has 0 aliphatic rings. The van der Waals surface area contributed by atoms with Crippen molar-refractivity contribution in [1.29, 1.82) is 0 Å². The molecule has 0 aliphatic heterocycles. The van der Waals surface area contributed by atoms with E-state index in [0.29, 0.717) is 16.8 Å². The van der Waals surface area contributed by atoms with Crippen molar-refractivity contribution < 1.29 is 18.7 Å². The summed E-state index contributed by atoms with van der Waals surface area (Å²) in [5.41, 5.74) is 3.02. The third-order valence-corrected chi connectivity index (χ3v) is 3.92. The molecule has 126 valence electrons. The molecule has 2 aromatic carbocycles. The van der Waals surface area contributed by atoms with Crippen LogP contribution in [0.15, 0.2) is 36.4 Å². The Kier molecular flexibility index (Phi) is 5.34. The number of ether oxygens (including phenoxy) is 1. The van der Waals surface area contributed by atoms with E-state index in [4.69, 9.17) is 4.74 Å². The number of aryl methyl sites for hydroxylation is 2. The third kappa shape index (κ3) is 3.98. The van der Waals surface area contributed by atoms with Gasteiger partial charge in [0.25, 0.3) is 5.91 Å². The van der Waals surface area contributed by atoms with Crippen LogP contribution in [0.5, 0.6) is 0 Å². The molecule has 4 nitrogen and oxygen atoms in total. The summed E-state index contributed by atoms with van der Waals surface area (Å²) in [6.45, 7) is 6.83. The Morgan fingerprint density at radius 2 is 1.79 bits per heavy atom. The zero-order valence-corrected chi connectivity index (χ0v) is 14.1. The molecule has 0 aliphatic carbocycles. The fourth-order valence-corrected chi connectivity index (χ4v) is 2.16. The second kappa shape index (κ2) is 7.25. The van der Waals surface area contributed by atoms with Gasteiger partial charge in [-0.15, -0.1) is 0 Å². The number of nitrogens with one attached hydrogen (secondary N) is 1. The largest absolute Gasteiger partial charge is 0.449 e. The van der Waals surface area contributed by atoms with Crippen LogP contribution in [-0.2, 0) is 9.53 Å². The smallest absolute Gasteiger partial charge is 0.339 e. The molecule has 5 heteroatoms. The Balaban J connectivity index is 2.04. The van der Waals surface area contributed by atoms with Gasteiger partial charge in [0.1, 0.15) is 5.82 Å². The Bertz CT molecular complexity index is 786. The van der Waals surface area contributed by atoms with E-state index < -0.39 is 23.8 Å². The van der Waals surface area contributed by atoms with Crippen LogP contribution in [0.2, 0.25) is 0 Å². The molecular weight excluding hydrogens is 309 g/mol. The van der Waals surface area contributed by atoms with Crippen molar-refractivity contribution in [2.24, 2.45) is 0 Å². The number of esters is 1. The van der Waals surface area contributed by atoms with Gasteiger partial charge in [-0.2, -0.15) is 0 Å². The summed E-state index contributed by atoms with van der Waals surface area (Å²) in [6, 6.07) is 9.71. The summed E-state index contributed by atoms with van der Waals surface area (Å²) in [7, 11) is 0. The second-order valence-electron chi connectivity index (χ2n) is 5.75. The summed E-state index contributed by atoms with van der Waals surface area (Å²) in [6.07, 6.45) is -0.998. The van der Waals surface area contributed by atoms with Crippen LogP contribution in [-0.4, -0.2) is 18.0 Å². The van der Waals surface area contributed by atoms with Gasteiger partial charge in [-0.05, 0) is 62.6 Å². The predicted molar refractivity (Wildman–Crippen MR) is 90.6 cm³/mol. The minimum Gasteiger partial charge on any atom is -0.449 e. The van der Waals surface area contributed by atoms with Crippen molar-refractivity contribution in [1.82, 2.24) is 0 Å². The van der Waals surface area contributed by atoms with Gasteiger partial charge in [0.15, 0.2) is 6.10 Å². The van der Waals surface area contributed by atoms with E-state index in [9.17, 15) is 14.0 Å². The summed E-state index contributed by atoms with van der Waals surface area (Å²) in [4.78, 5) is 24.3. The molecule has 2 rings (SSSR count). The number of hydrogen-bond donors (Lipinski definition) is 1. The number of hydrogen-bond acceptors (Lipinski definition) is 3. The Labute approximate surface area is 140 Å². The first-order valence-electron chi connectivity index (χ1n) is 7.64. The molecule has 1 unspecified atom stereocenters. The molecule has 1 atom stereocenters. The Hall–Kier alpha value is -2.69. The summed E-state index contributed by atoms with van der Waals surface area (Å²) in [5.74, 6) is -1.49.